The number of phenolic OH excluding ortho intramolecular Hbond substituents is 5. The van der Waals surface area contributed by atoms with Crippen molar-refractivity contribution in [3.63, 3.8) is 0 Å². The predicted molar refractivity (Wildman–Crippen MR) is 297 cm³/mol. The van der Waals surface area contributed by atoms with Crippen molar-refractivity contribution < 1.29 is 162 Å². The highest BCUT2D eigenvalue weighted by Gasteiger charge is 2.49. The number of esters is 3. The Bertz CT molecular complexity index is 3330. The van der Waals surface area contributed by atoms with E-state index in [0.29, 0.717) is 11.1 Å². The number of hydrogen-bond acceptors (Lipinski definition) is 32. The van der Waals surface area contributed by atoms with Crippen LogP contribution in [0.15, 0.2) is 66.4 Å². The first kappa shape index (κ1) is 67.8. The molecule has 0 bridgehead atoms. The Labute approximate surface area is 513 Å². The molecule has 16 atom stereocenters. The molecule has 3 fully saturated rings. The van der Waals surface area contributed by atoms with Gasteiger partial charge in [0.2, 0.25) is 36.1 Å². The molecule has 4 aliphatic heterocycles. The Kier molecular flexibility index (Phi) is 21.8. The number of rotatable bonds is 23. The lowest BCUT2D eigenvalue weighted by Gasteiger charge is -2.41. The Morgan fingerprint density at radius 1 is 0.473 bits per heavy atom. The number of aliphatic carboxylic acids is 1. The van der Waals surface area contributed by atoms with Crippen LogP contribution < -0.4 is 33.2 Å². The Balaban J connectivity index is 1.05. The summed E-state index contributed by atoms with van der Waals surface area (Å²) in [6.07, 6.45) is -26.6. The fourth-order valence-electron chi connectivity index (χ4n) is 9.46. The van der Waals surface area contributed by atoms with Gasteiger partial charge in [0.25, 0.3) is 0 Å². The van der Waals surface area contributed by atoms with E-state index >= 15 is 0 Å². The molecule has 1 unspecified atom stereocenters. The highest BCUT2D eigenvalue weighted by Crippen LogP contribution is 2.49. The summed E-state index contributed by atoms with van der Waals surface area (Å²) in [4.78, 5) is 48.9. The van der Waals surface area contributed by atoms with Crippen molar-refractivity contribution in [2.24, 2.45) is 0 Å². The van der Waals surface area contributed by atoms with Crippen LogP contribution in [0.2, 0.25) is 0 Å². The average Bonchev–Trinajstić information content (AvgIpc) is 0.807. The van der Waals surface area contributed by atoms with Gasteiger partial charge in [0, 0.05) is 29.8 Å². The molecular weight excluding hydrogens is 1220 g/mol. The maximum atomic E-state index is 12.9. The molecule has 15 N–H and O–H groups in total. The van der Waals surface area contributed by atoms with Crippen LogP contribution in [0.3, 0.4) is 0 Å². The summed E-state index contributed by atoms with van der Waals surface area (Å²) in [5, 5.41) is 162. The average molecular weight is 1290 g/mol. The zero-order chi connectivity index (χ0) is 66.3. The first-order valence-electron chi connectivity index (χ1n) is 27.1. The van der Waals surface area contributed by atoms with Crippen LogP contribution >= 0.6 is 0 Å². The van der Waals surface area contributed by atoms with Crippen molar-refractivity contribution in [1.29, 1.82) is 0 Å². The van der Waals surface area contributed by atoms with Gasteiger partial charge < -0.3 is 143 Å². The van der Waals surface area contributed by atoms with E-state index in [0.717, 1.165) is 42.5 Å². The summed E-state index contributed by atoms with van der Waals surface area (Å²) in [5.41, 5.74) is 0.0873. The lowest BCUT2D eigenvalue weighted by molar-refractivity contribution is -0.294. The van der Waals surface area contributed by atoms with Crippen LogP contribution in [0.4, 0.5) is 0 Å². The van der Waals surface area contributed by atoms with Gasteiger partial charge in [-0.3, -0.25) is 9.59 Å². The molecule has 0 amide bonds. The van der Waals surface area contributed by atoms with Crippen LogP contribution in [0.25, 0.3) is 18.2 Å². The second-order valence-electron chi connectivity index (χ2n) is 20.4. The quantitative estimate of drug-likeness (QED) is 0.0131. The molecule has 33 nitrogen and oxygen atoms in total. The molecule has 0 saturated carbocycles. The number of aromatic hydroxyl groups is 5. The summed E-state index contributed by atoms with van der Waals surface area (Å²) in [5.74, 6) is -10.1. The number of phenols is 5. The fourth-order valence-corrected chi connectivity index (χ4v) is 9.46. The van der Waals surface area contributed by atoms with E-state index in [1.54, 1.807) is 0 Å². The van der Waals surface area contributed by atoms with Gasteiger partial charge in [0.15, 0.2) is 40.6 Å². The highest BCUT2D eigenvalue weighted by atomic mass is 16.7. The third-order valence-corrected chi connectivity index (χ3v) is 14.3. The topological polar surface area (TPSA) is 501 Å². The Morgan fingerprint density at radius 2 is 0.901 bits per heavy atom. The van der Waals surface area contributed by atoms with Crippen molar-refractivity contribution >= 4 is 42.1 Å². The summed E-state index contributed by atoms with van der Waals surface area (Å²) in [6.45, 7) is -2.42. The van der Waals surface area contributed by atoms with Crippen molar-refractivity contribution in [2.75, 3.05) is 48.3 Å². The number of aliphatic hydroxyl groups excluding tert-OH is 9. The molecule has 0 radical (unpaired) electrons. The van der Waals surface area contributed by atoms with Crippen molar-refractivity contribution in [3.05, 3.63) is 88.7 Å². The standard InChI is InChI=1S/C58H64O33/c1-78-30-9-22(10-31(79-2)44(30)67)5-7-40(63)82-19-36-46(69)49(72)52(75)56(89-36)85-25-15-27(59)26-17-35(88-58-54(77)51(74)48(71)38(91-58)21-84-42(65)18-39(61)62)55(86-29(26)16-25)24-13-28(60)43(66)34(14-24)87-57-53(76)50(73)47(70)37(90-57)20-83-41(64)8-6-23-11-32(80-3)45(68)33(12-23)81-4/h5-17,36-38,46-60,66-77H,18-21H2,1-4H3,(H,61,62)/b7-5+,8-6+/t36-,37-,38-,46+,47+,48+,49+,50+,51+,52+,53-,54+,55?,56-,57-,58-/m1/s1. The number of benzene rings is 4. The van der Waals surface area contributed by atoms with Crippen molar-refractivity contribution in [1.82, 2.24) is 0 Å². The minimum Gasteiger partial charge on any atom is -0.507 e. The lowest BCUT2D eigenvalue weighted by atomic mass is 9.98. The normalized spacial score (nSPS) is 27.9. The molecule has 0 aliphatic carbocycles. The first-order valence-corrected chi connectivity index (χ1v) is 27.1. The largest absolute Gasteiger partial charge is 0.507 e. The number of carboxylic acid groups (broad SMARTS) is 1. The molecule has 3 saturated heterocycles. The van der Waals surface area contributed by atoms with Crippen molar-refractivity contribution in [2.45, 2.75) is 105 Å². The van der Waals surface area contributed by atoms with E-state index in [-0.39, 0.29) is 57.1 Å². The number of methoxy groups -OCH3 is 4. The summed E-state index contributed by atoms with van der Waals surface area (Å²) in [6, 6.07) is 9.38. The monoisotopic (exact) mass is 1290 g/mol. The third-order valence-electron chi connectivity index (χ3n) is 14.3. The second-order valence-corrected chi connectivity index (χ2v) is 20.4. The molecule has 8 rings (SSSR count). The van der Waals surface area contributed by atoms with E-state index in [4.69, 9.17) is 71.4 Å². The van der Waals surface area contributed by atoms with Gasteiger partial charge in [0.05, 0.1) is 34.0 Å². The predicted octanol–water partition coefficient (Wildman–Crippen LogP) is -1.55. The van der Waals surface area contributed by atoms with Gasteiger partial charge in [-0.2, -0.15) is 0 Å². The molecule has 4 heterocycles. The van der Waals surface area contributed by atoms with Crippen LogP contribution in [-0.4, -0.2) is 241 Å². The van der Waals surface area contributed by atoms with E-state index in [2.05, 4.69) is 0 Å². The van der Waals surface area contributed by atoms with Gasteiger partial charge in [-0.25, -0.2) is 9.59 Å². The third kappa shape index (κ3) is 15.6. The smallest absolute Gasteiger partial charge is 0.330 e. The summed E-state index contributed by atoms with van der Waals surface area (Å²) < 4.78 is 77.0. The number of fused-ring (bicyclic) bond motifs is 1. The number of carboxylic acids is 1. The minimum atomic E-state index is -2.15. The SMILES string of the molecule is COc1cc(/C=C/C(=O)OC[C@H]2O[C@@H](Oc3cc(O)c4c(c3)OC(c3cc(O)c(O)c(O[C@@H]5O[C@H](COC(=O)/C=C/c6cc(OC)c(O)c(OC)c6)[C@H](O)[C@H](O)[C@H]5O)c3)C(O[C@@H]3O[C@H](COC(=O)CC(=O)O)[C@H](O)[C@H](O)[C@@H]3O)=C4)[C@@H](O)[C@@H](O)[C@H]2O)cc(OC)c1O. The molecule has 91 heavy (non-hydrogen) atoms. The highest BCUT2D eigenvalue weighted by molar-refractivity contribution is 5.90. The number of carbonyl (C=O) groups is 4. The zero-order valence-electron chi connectivity index (χ0n) is 48.1. The molecule has 0 spiro atoms. The number of ether oxygens (including phenoxy) is 14. The number of aliphatic hydroxyl groups is 9. The maximum absolute atomic E-state index is 12.9. The number of carbonyl (C=O) groups excluding carboxylic acids is 3. The fraction of sp³-hybridized carbons (Fsp3) is 0.414. The van der Waals surface area contributed by atoms with E-state index in [9.17, 15) is 90.7 Å². The molecule has 33 heteroatoms. The molecular formula is C58H64O33. The Hall–Kier alpha value is -9.10. The van der Waals surface area contributed by atoms with E-state index in [1.807, 2.05) is 0 Å². The molecule has 4 aromatic carbocycles. The number of hydrogen-bond donors (Lipinski definition) is 15. The molecule has 4 aliphatic rings. The Morgan fingerprint density at radius 3 is 1.34 bits per heavy atom. The van der Waals surface area contributed by atoms with Gasteiger partial charge >= 0.3 is 23.9 Å². The van der Waals surface area contributed by atoms with Gasteiger partial charge in [-0.1, -0.05) is 0 Å². The van der Waals surface area contributed by atoms with Gasteiger partial charge in [0.1, 0.15) is 122 Å². The van der Waals surface area contributed by atoms with Crippen LogP contribution in [0.5, 0.6) is 69.0 Å². The van der Waals surface area contributed by atoms with Gasteiger partial charge in [-0.15, -0.1) is 0 Å². The van der Waals surface area contributed by atoms with Gasteiger partial charge in [-0.05, 0) is 65.8 Å². The van der Waals surface area contributed by atoms with E-state index < -0.39 is 177 Å². The first-order chi connectivity index (χ1) is 43.2. The van der Waals surface area contributed by atoms with E-state index in [1.165, 1.54) is 64.9 Å². The summed E-state index contributed by atoms with van der Waals surface area (Å²) in [7, 11) is 5.16. The summed E-state index contributed by atoms with van der Waals surface area (Å²) >= 11 is 0. The lowest BCUT2D eigenvalue weighted by Crippen LogP contribution is -2.60. The van der Waals surface area contributed by atoms with Crippen LogP contribution in [0, 0.1) is 0 Å². The second kappa shape index (κ2) is 29.2. The molecule has 4 aromatic rings. The maximum Gasteiger partial charge on any atom is 0.330 e. The van der Waals surface area contributed by atoms with Crippen LogP contribution in [-0.2, 0) is 52.3 Å². The molecule has 0 aromatic heterocycles. The minimum absolute atomic E-state index is 0.0140. The van der Waals surface area contributed by atoms with Crippen molar-refractivity contribution in [3.8, 4) is 69.0 Å². The van der Waals surface area contributed by atoms with Crippen LogP contribution in [0.1, 0.15) is 34.8 Å². The zero-order valence-corrected chi connectivity index (χ0v) is 48.1. The molecule has 494 valence electrons.